The van der Waals surface area contributed by atoms with Crippen LogP contribution in [0.25, 0.3) is 0 Å². The van der Waals surface area contributed by atoms with Gasteiger partial charge in [0.05, 0.1) is 30.2 Å². The van der Waals surface area contributed by atoms with Gasteiger partial charge in [-0.05, 0) is 24.6 Å². The van der Waals surface area contributed by atoms with Gasteiger partial charge in [0.1, 0.15) is 12.3 Å². The Kier molecular flexibility index (Phi) is 5.97. The molecule has 0 saturated carbocycles. The molecule has 1 aliphatic heterocycles. The van der Waals surface area contributed by atoms with Crippen molar-refractivity contribution in [1.29, 1.82) is 0 Å². The van der Waals surface area contributed by atoms with Crippen molar-refractivity contribution in [1.82, 2.24) is 14.9 Å². The zero-order chi connectivity index (χ0) is 21.0. The number of nitrogens with one attached hydrogen (secondary N) is 1. The first-order chi connectivity index (χ1) is 13.8. The van der Waals surface area contributed by atoms with Crippen molar-refractivity contribution in [3.63, 3.8) is 0 Å². The van der Waals surface area contributed by atoms with Crippen molar-refractivity contribution in [2.45, 2.75) is 18.9 Å². The van der Waals surface area contributed by atoms with Gasteiger partial charge in [-0.1, -0.05) is 12.1 Å². The Morgan fingerprint density at radius 2 is 2.17 bits per heavy atom. The highest BCUT2D eigenvalue weighted by atomic mass is 35.5. The maximum Gasteiger partial charge on any atom is 0.275 e. The van der Waals surface area contributed by atoms with E-state index in [2.05, 4.69) is 20.3 Å². The van der Waals surface area contributed by atoms with E-state index in [1.807, 2.05) is 13.0 Å². The van der Waals surface area contributed by atoms with E-state index in [-0.39, 0.29) is 24.0 Å². The number of nitrogens with two attached hydrogens (primary N) is 1. The quantitative estimate of drug-likeness (QED) is 0.691. The molecule has 29 heavy (non-hydrogen) atoms. The Morgan fingerprint density at radius 1 is 1.38 bits per heavy atom. The van der Waals surface area contributed by atoms with E-state index < -0.39 is 11.4 Å². The minimum atomic E-state index is -0.810. The lowest BCUT2D eigenvalue weighted by Gasteiger charge is -2.33. The lowest BCUT2D eigenvalue weighted by molar-refractivity contribution is -0.128. The minimum absolute atomic E-state index is 0.124. The number of carbonyl (C=O) groups is 2. The van der Waals surface area contributed by atoms with E-state index in [1.54, 1.807) is 25.2 Å². The second-order valence-electron chi connectivity index (χ2n) is 6.69. The summed E-state index contributed by atoms with van der Waals surface area (Å²) in [6.07, 6.45) is 2.86. The van der Waals surface area contributed by atoms with Gasteiger partial charge < -0.3 is 15.8 Å². The predicted octanol–water partition coefficient (Wildman–Crippen LogP) is 1.74. The van der Waals surface area contributed by atoms with E-state index in [0.717, 1.165) is 5.56 Å². The van der Waals surface area contributed by atoms with E-state index in [1.165, 1.54) is 17.3 Å². The molecule has 2 amide bonds. The largest absolute Gasteiger partial charge is 0.475 e. The number of benzene rings is 1. The Hall–Kier alpha value is -3.20. The van der Waals surface area contributed by atoms with Crippen LogP contribution in [0.4, 0.5) is 5.69 Å². The van der Waals surface area contributed by atoms with Crippen LogP contribution in [0.3, 0.4) is 0 Å². The fraction of sp³-hybridized carbons (Fsp3) is 0.316. The van der Waals surface area contributed by atoms with Gasteiger partial charge in [0, 0.05) is 12.7 Å². The molecule has 3 N–H and O–H groups in total. The molecule has 1 aromatic carbocycles. The molecule has 0 spiro atoms. The summed E-state index contributed by atoms with van der Waals surface area (Å²) in [7, 11) is 1.59. The number of hydrogen-bond donors (Lipinski definition) is 2. The molecular weight excluding hydrogens is 396 g/mol. The van der Waals surface area contributed by atoms with Crippen LogP contribution < -0.4 is 15.8 Å². The highest BCUT2D eigenvalue weighted by Gasteiger charge is 2.36. The molecule has 152 valence electrons. The first-order valence-corrected chi connectivity index (χ1v) is 9.40. The number of anilines is 1. The SMILES string of the molecule is CN1C(=O)CC(C)(c2cccc(NC(=O)c3cnc(OCCCl)cn3)c2)N=C1N. The molecular formula is C19H21ClN6O3. The molecule has 0 saturated heterocycles. The average Bonchev–Trinajstić information content (AvgIpc) is 2.71. The average molecular weight is 417 g/mol. The Labute approximate surface area is 172 Å². The summed E-state index contributed by atoms with van der Waals surface area (Å²) in [6.45, 7) is 2.13. The topological polar surface area (TPSA) is 123 Å². The smallest absolute Gasteiger partial charge is 0.275 e. The fourth-order valence-corrected chi connectivity index (χ4v) is 2.93. The molecule has 0 bridgehead atoms. The van der Waals surface area contributed by atoms with Gasteiger partial charge in [-0.2, -0.15) is 0 Å². The molecule has 3 rings (SSSR count). The van der Waals surface area contributed by atoms with Gasteiger partial charge in [-0.3, -0.25) is 14.5 Å². The van der Waals surface area contributed by atoms with E-state index in [9.17, 15) is 9.59 Å². The van der Waals surface area contributed by atoms with Gasteiger partial charge in [0.25, 0.3) is 5.91 Å². The molecule has 0 radical (unpaired) electrons. The third-order valence-corrected chi connectivity index (χ3v) is 4.66. The molecule has 10 heteroatoms. The number of aromatic nitrogens is 2. The number of amides is 2. The molecule has 9 nitrogen and oxygen atoms in total. The number of ether oxygens (including phenoxy) is 1. The molecule has 0 fully saturated rings. The summed E-state index contributed by atoms with van der Waals surface area (Å²) in [4.78, 5) is 38.5. The number of guanidine groups is 1. The molecule has 0 aliphatic carbocycles. The Bertz CT molecular complexity index is 949. The van der Waals surface area contributed by atoms with Crippen molar-refractivity contribution in [3.8, 4) is 5.88 Å². The van der Waals surface area contributed by atoms with Crippen molar-refractivity contribution in [3.05, 3.63) is 47.9 Å². The first kappa shape index (κ1) is 20.5. The molecule has 1 atom stereocenters. The zero-order valence-corrected chi connectivity index (χ0v) is 16.8. The van der Waals surface area contributed by atoms with Crippen molar-refractivity contribution in [2.24, 2.45) is 10.7 Å². The number of nitrogens with zero attached hydrogens (tertiary/aromatic N) is 4. The fourth-order valence-electron chi connectivity index (χ4n) is 2.85. The molecule has 2 aromatic rings. The third kappa shape index (κ3) is 4.62. The van der Waals surface area contributed by atoms with Gasteiger partial charge in [0.2, 0.25) is 11.8 Å². The van der Waals surface area contributed by atoms with E-state index >= 15 is 0 Å². The van der Waals surface area contributed by atoms with Crippen LogP contribution >= 0.6 is 11.6 Å². The van der Waals surface area contributed by atoms with Gasteiger partial charge >= 0.3 is 0 Å². The van der Waals surface area contributed by atoms with Crippen molar-refractivity contribution >= 4 is 35.1 Å². The Morgan fingerprint density at radius 3 is 2.83 bits per heavy atom. The molecule has 2 heterocycles. The van der Waals surface area contributed by atoms with Crippen LogP contribution in [-0.4, -0.2) is 52.2 Å². The van der Waals surface area contributed by atoms with Gasteiger partial charge in [0.15, 0.2) is 5.96 Å². The van der Waals surface area contributed by atoms with Crippen LogP contribution in [0, 0.1) is 0 Å². The minimum Gasteiger partial charge on any atom is -0.475 e. The molecule has 1 unspecified atom stereocenters. The second kappa shape index (κ2) is 8.44. The number of carbonyl (C=O) groups excluding carboxylic acids is 2. The summed E-state index contributed by atoms with van der Waals surface area (Å²) in [5, 5.41) is 2.77. The van der Waals surface area contributed by atoms with Crippen molar-refractivity contribution < 1.29 is 14.3 Å². The predicted molar refractivity (Wildman–Crippen MR) is 109 cm³/mol. The number of halogens is 1. The van der Waals surface area contributed by atoms with Crippen LogP contribution in [0.2, 0.25) is 0 Å². The van der Waals surface area contributed by atoms with Gasteiger partial charge in [-0.25, -0.2) is 15.0 Å². The second-order valence-corrected chi connectivity index (χ2v) is 7.06. The standard InChI is InChI=1S/C19H21ClN6O3/c1-19(9-16(27)26(2)18(21)25-19)12-4-3-5-13(8-12)24-17(28)14-10-23-15(11-22-14)29-7-6-20/h3-5,8,10-11H,6-7,9H2,1-2H3,(H2,21,25)(H,24,28). The summed E-state index contributed by atoms with van der Waals surface area (Å²) in [5.41, 5.74) is 6.50. The van der Waals surface area contributed by atoms with E-state index in [0.29, 0.717) is 24.1 Å². The summed E-state index contributed by atoms with van der Waals surface area (Å²) in [6, 6.07) is 7.12. The third-order valence-electron chi connectivity index (χ3n) is 4.50. The zero-order valence-electron chi connectivity index (χ0n) is 16.1. The number of alkyl halides is 1. The van der Waals surface area contributed by atoms with Crippen LogP contribution in [0.5, 0.6) is 5.88 Å². The molecule has 1 aliphatic rings. The highest BCUT2D eigenvalue weighted by molar-refractivity contribution is 6.18. The van der Waals surface area contributed by atoms with E-state index in [4.69, 9.17) is 22.1 Å². The highest BCUT2D eigenvalue weighted by Crippen LogP contribution is 2.34. The summed E-state index contributed by atoms with van der Waals surface area (Å²) >= 11 is 5.55. The first-order valence-electron chi connectivity index (χ1n) is 8.87. The maximum absolute atomic E-state index is 12.5. The number of rotatable bonds is 6. The maximum atomic E-state index is 12.5. The van der Waals surface area contributed by atoms with Gasteiger partial charge in [-0.15, -0.1) is 11.6 Å². The van der Waals surface area contributed by atoms with Crippen molar-refractivity contribution in [2.75, 3.05) is 24.9 Å². The normalized spacial score (nSPS) is 18.9. The van der Waals surface area contributed by atoms with Crippen LogP contribution in [-0.2, 0) is 10.3 Å². The van der Waals surface area contributed by atoms with Crippen LogP contribution in [0.15, 0.2) is 41.7 Å². The number of aliphatic imine (C=N–C) groups is 1. The Balaban J connectivity index is 1.76. The van der Waals surface area contributed by atoms with Crippen LogP contribution in [0.1, 0.15) is 29.4 Å². The monoisotopic (exact) mass is 416 g/mol. The number of hydrogen-bond acceptors (Lipinski definition) is 7. The summed E-state index contributed by atoms with van der Waals surface area (Å²) < 4.78 is 5.24. The molecule has 1 aromatic heterocycles. The summed E-state index contributed by atoms with van der Waals surface area (Å²) in [5.74, 6) is 0.230. The lowest BCUT2D eigenvalue weighted by atomic mass is 9.87. The lowest BCUT2D eigenvalue weighted by Crippen LogP contribution is -2.47.